The second-order valence-electron chi connectivity index (χ2n) is 6.18. The largest absolute Gasteiger partial charge is 0.349 e. The van der Waals surface area contributed by atoms with Gasteiger partial charge in [-0.25, -0.2) is 0 Å². The molecule has 2 N–H and O–H groups in total. The van der Waals surface area contributed by atoms with E-state index in [-0.39, 0.29) is 24.3 Å². The molecule has 138 valence electrons. The van der Waals surface area contributed by atoms with Gasteiger partial charge in [-0.2, -0.15) is 0 Å². The van der Waals surface area contributed by atoms with Gasteiger partial charge in [0.2, 0.25) is 11.8 Å². The summed E-state index contributed by atoms with van der Waals surface area (Å²) in [5.41, 5.74) is 3.68. The van der Waals surface area contributed by atoms with E-state index >= 15 is 0 Å². The number of rotatable bonds is 7. The lowest BCUT2D eigenvalue weighted by molar-refractivity contribution is -0.120. The van der Waals surface area contributed by atoms with Crippen LogP contribution in [0.2, 0.25) is 5.02 Å². The number of benzene rings is 2. The summed E-state index contributed by atoms with van der Waals surface area (Å²) in [4.78, 5) is 24.3. The van der Waals surface area contributed by atoms with E-state index in [0.717, 1.165) is 35.2 Å². The van der Waals surface area contributed by atoms with E-state index in [9.17, 15) is 9.59 Å². The fourth-order valence-corrected chi connectivity index (χ4v) is 3.32. The van der Waals surface area contributed by atoms with Gasteiger partial charge in [-0.3, -0.25) is 9.59 Å². The molecule has 0 fully saturated rings. The third kappa shape index (κ3) is 5.09. The molecule has 0 spiro atoms. The molecule has 2 rings (SSSR count). The molecule has 26 heavy (non-hydrogen) atoms. The number of nitrogens with one attached hydrogen (secondary N) is 2. The van der Waals surface area contributed by atoms with Crippen LogP contribution in [-0.4, -0.2) is 11.8 Å². The smallest absolute Gasteiger partial charge is 0.226 e. The molecular weight excluding hydrogens is 348 g/mol. The van der Waals surface area contributed by atoms with Crippen LogP contribution in [0.4, 0.5) is 5.69 Å². The monoisotopic (exact) mass is 372 g/mol. The second kappa shape index (κ2) is 9.39. The Kier molecular flexibility index (Phi) is 7.22. The summed E-state index contributed by atoms with van der Waals surface area (Å²) in [5.74, 6) is -0.322. The molecule has 2 aromatic rings. The summed E-state index contributed by atoms with van der Waals surface area (Å²) in [6, 6.07) is 12.9. The Bertz CT molecular complexity index is 775. The van der Waals surface area contributed by atoms with Crippen molar-refractivity contribution in [1.82, 2.24) is 5.32 Å². The van der Waals surface area contributed by atoms with E-state index in [2.05, 4.69) is 10.6 Å². The zero-order chi connectivity index (χ0) is 19.1. The van der Waals surface area contributed by atoms with E-state index in [0.29, 0.717) is 5.02 Å². The number of anilines is 1. The Hall–Kier alpha value is -2.33. The lowest BCUT2D eigenvalue weighted by atomic mass is 10.0. The Morgan fingerprint density at radius 2 is 1.73 bits per heavy atom. The van der Waals surface area contributed by atoms with Gasteiger partial charge in [0.1, 0.15) is 0 Å². The Morgan fingerprint density at radius 1 is 1.04 bits per heavy atom. The molecule has 0 bridgehead atoms. The summed E-state index contributed by atoms with van der Waals surface area (Å²) in [7, 11) is 0. The average Bonchev–Trinajstić information content (AvgIpc) is 2.62. The van der Waals surface area contributed by atoms with Crippen molar-refractivity contribution >= 4 is 29.1 Å². The van der Waals surface area contributed by atoms with Gasteiger partial charge in [-0.15, -0.1) is 0 Å². The Labute approximate surface area is 159 Å². The topological polar surface area (TPSA) is 58.2 Å². The van der Waals surface area contributed by atoms with Gasteiger partial charge in [0, 0.05) is 17.6 Å². The third-order valence-electron chi connectivity index (χ3n) is 4.31. The van der Waals surface area contributed by atoms with Crippen LogP contribution in [0.3, 0.4) is 0 Å². The maximum absolute atomic E-state index is 12.7. The number of hydrogen-bond acceptors (Lipinski definition) is 2. The van der Waals surface area contributed by atoms with Crippen molar-refractivity contribution in [1.29, 1.82) is 0 Å². The number of carbonyl (C=O) groups is 2. The summed E-state index contributed by atoms with van der Waals surface area (Å²) in [5, 5.41) is 6.53. The van der Waals surface area contributed by atoms with Gasteiger partial charge in [0.15, 0.2) is 0 Å². The van der Waals surface area contributed by atoms with Gasteiger partial charge in [-0.1, -0.05) is 61.8 Å². The van der Waals surface area contributed by atoms with Crippen LogP contribution in [0.5, 0.6) is 0 Å². The summed E-state index contributed by atoms with van der Waals surface area (Å²) in [6.45, 7) is 5.51. The number of amides is 2. The normalized spacial score (nSPS) is 11.7. The molecule has 2 aromatic carbocycles. The van der Waals surface area contributed by atoms with Crippen molar-refractivity contribution < 1.29 is 9.59 Å². The van der Waals surface area contributed by atoms with E-state index in [1.165, 1.54) is 6.92 Å². The fraction of sp³-hybridized carbons (Fsp3) is 0.333. The number of halogens is 1. The first-order valence-corrected chi connectivity index (χ1v) is 9.26. The summed E-state index contributed by atoms with van der Waals surface area (Å²) >= 11 is 6.30. The molecule has 5 heteroatoms. The van der Waals surface area contributed by atoms with Crippen LogP contribution < -0.4 is 10.6 Å². The highest BCUT2D eigenvalue weighted by Crippen LogP contribution is 2.30. The predicted octanol–water partition coefficient (Wildman–Crippen LogP) is 4.67. The van der Waals surface area contributed by atoms with E-state index in [4.69, 9.17) is 11.6 Å². The molecular formula is C21H25ClN2O2. The second-order valence-corrected chi connectivity index (χ2v) is 6.59. The van der Waals surface area contributed by atoms with Crippen LogP contribution in [0.15, 0.2) is 42.5 Å². The number of aryl methyl sites for hydroxylation is 1. The molecule has 1 unspecified atom stereocenters. The summed E-state index contributed by atoms with van der Waals surface area (Å²) in [6.07, 6.45) is 1.69. The highest BCUT2D eigenvalue weighted by Gasteiger charge is 2.19. The molecule has 0 saturated heterocycles. The van der Waals surface area contributed by atoms with Gasteiger partial charge in [0.05, 0.1) is 12.5 Å². The van der Waals surface area contributed by atoms with Gasteiger partial charge >= 0.3 is 0 Å². The summed E-state index contributed by atoms with van der Waals surface area (Å²) < 4.78 is 0. The highest BCUT2D eigenvalue weighted by molar-refractivity contribution is 6.32. The Balaban J connectivity index is 2.23. The molecule has 0 saturated carbocycles. The van der Waals surface area contributed by atoms with Gasteiger partial charge < -0.3 is 10.6 Å². The lowest BCUT2D eigenvalue weighted by Gasteiger charge is -2.20. The number of carbonyl (C=O) groups excluding carboxylic acids is 2. The maximum Gasteiger partial charge on any atom is 0.226 e. The van der Waals surface area contributed by atoms with Crippen LogP contribution >= 0.6 is 11.6 Å². The zero-order valence-corrected chi connectivity index (χ0v) is 16.2. The first-order valence-electron chi connectivity index (χ1n) is 8.88. The minimum Gasteiger partial charge on any atom is -0.349 e. The highest BCUT2D eigenvalue weighted by atomic mass is 35.5. The average molecular weight is 373 g/mol. The molecule has 0 aliphatic heterocycles. The fourth-order valence-electron chi connectivity index (χ4n) is 3.03. The first-order chi connectivity index (χ1) is 12.5. The van der Waals surface area contributed by atoms with Crippen LogP contribution in [0, 0.1) is 0 Å². The molecule has 0 heterocycles. The maximum atomic E-state index is 12.7. The molecule has 0 aliphatic rings. The molecule has 0 aliphatic carbocycles. The van der Waals surface area contributed by atoms with Crippen molar-refractivity contribution in [2.24, 2.45) is 0 Å². The van der Waals surface area contributed by atoms with Gasteiger partial charge in [-0.05, 0) is 35.6 Å². The van der Waals surface area contributed by atoms with E-state index < -0.39 is 0 Å². The van der Waals surface area contributed by atoms with Crippen LogP contribution in [0.1, 0.15) is 49.9 Å². The minimum atomic E-state index is -0.372. The third-order valence-corrected chi connectivity index (χ3v) is 4.66. The standard InChI is InChI=1S/C21H25ClN2O2/c1-4-15-11-12-18(22)17(5-2)21(15)24-20(26)13-19(23-14(3)25)16-9-7-6-8-10-16/h6-12,19H,4-5,13H2,1-3H3,(H,23,25)(H,24,26). The van der Waals surface area contributed by atoms with E-state index in [1.54, 1.807) is 0 Å². The SMILES string of the molecule is CCc1ccc(Cl)c(CC)c1NC(=O)CC(NC(C)=O)c1ccccc1. The van der Waals surface area contributed by atoms with E-state index in [1.807, 2.05) is 56.3 Å². The van der Waals surface area contributed by atoms with Crippen molar-refractivity contribution in [2.75, 3.05) is 5.32 Å². The zero-order valence-electron chi connectivity index (χ0n) is 15.4. The van der Waals surface area contributed by atoms with Crippen molar-refractivity contribution in [3.05, 3.63) is 64.2 Å². The quantitative estimate of drug-likeness (QED) is 0.741. The van der Waals surface area contributed by atoms with Crippen LogP contribution in [0.25, 0.3) is 0 Å². The first kappa shape index (κ1) is 20.0. The molecule has 0 radical (unpaired) electrons. The molecule has 2 amide bonds. The molecule has 0 aromatic heterocycles. The minimum absolute atomic E-state index is 0.153. The Morgan fingerprint density at radius 3 is 2.31 bits per heavy atom. The van der Waals surface area contributed by atoms with Gasteiger partial charge in [0.25, 0.3) is 0 Å². The van der Waals surface area contributed by atoms with Crippen molar-refractivity contribution in [3.8, 4) is 0 Å². The van der Waals surface area contributed by atoms with Crippen molar-refractivity contribution in [3.63, 3.8) is 0 Å². The lowest BCUT2D eigenvalue weighted by Crippen LogP contribution is -2.30. The molecule has 1 atom stereocenters. The number of hydrogen-bond donors (Lipinski definition) is 2. The van der Waals surface area contributed by atoms with Crippen molar-refractivity contribution in [2.45, 2.75) is 46.1 Å². The predicted molar refractivity (Wildman–Crippen MR) is 106 cm³/mol. The van der Waals surface area contributed by atoms with Crippen LogP contribution in [-0.2, 0) is 22.4 Å². The molecule has 4 nitrogen and oxygen atoms in total.